The number of benzene rings is 1. The van der Waals surface area contributed by atoms with Crippen LogP contribution in [-0.2, 0) is 0 Å². The fourth-order valence-corrected chi connectivity index (χ4v) is 2.08. The second-order valence-corrected chi connectivity index (χ2v) is 5.92. The van der Waals surface area contributed by atoms with Gasteiger partial charge in [0.05, 0.1) is 0 Å². The van der Waals surface area contributed by atoms with Crippen molar-refractivity contribution in [1.82, 2.24) is 14.9 Å². The van der Waals surface area contributed by atoms with E-state index in [0.717, 1.165) is 41.3 Å². The number of nitrogens with one attached hydrogen (secondary N) is 2. The molecule has 6 heteroatoms. The van der Waals surface area contributed by atoms with Crippen LogP contribution in [0.25, 0.3) is 0 Å². The number of halogens is 1. The van der Waals surface area contributed by atoms with Gasteiger partial charge >= 0.3 is 0 Å². The van der Waals surface area contributed by atoms with Gasteiger partial charge in [0.15, 0.2) is 0 Å². The summed E-state index contributed by atoms with van der Waals surface area (Å²) in [6.45, 7) is 1.95. The molecule has 0 fully saturated rings. The fraction of sp³-hybridized carbons (Fsp3) is 0.333. The van der Waals surface area contributed by atoms with Crippen LogP contribution in [0.1, 0.15) is 6.42 Å². The lowest BCUT2D eigenvalue weighted by atomic mass is 10.3. The lowest BCUT2D eigenvalue weighted by Crippen LogP contribution is -2.16. The molecule has 5 nitrogen and oxygen atoms in total. The summed E-state index contributed by atoms with van der Waals surface area (Å²) in [5.41, 5.74) is 0.996. The van der Waals surface area contributed by atoms with Crippen molar-refractivity contribution >= 4 is 33.3 Å². The van der Waals surface area contributed by atoms with E-state index >= 15 is 0 Å². The van der Waals surface area contributed by atoms with Gasteiger partial charge in [-0.2, -0.15) is 0 Å². The number of aromatic nitrogens is 2. The lowest BCUT2D eigenvalue weighted by Gasteiger charge is -2.11. The van der Waals surface area contributed by atoms with Crippen molar-refractivity contribution in [3.05, 3.63) is 41.1 Å². The average molecular weight is 350 g/mol. The summed E-state index contributed by atoms with van der Waals surface area (Å²) >= 11 is 3.42. The Bertz CT molecular complexity index is 556. The molecule has 0 atom stereocenters. The molecule has 0 saturated heterocycles. The monoisotopic (exact) mass is 349 g/mol. The van der Waals surface area contributed by atoms with Crippen molar-refractivity contribution in [3.8, 4) is 0 Å². The zero-order chi connectivity index (χ0) is 15.1. The van der Waals surface area contributed by atoms with Gasteiger partial charge in [0.25, 0.3) is 0 Å². The largest absolute Gasteiger partial charge is 0.370 e. The predicted octanol–water partition coefficient (Wildman–Crippen LogP) is 3.35. The van der Waals surface area contributed by atoms with E-state index in [0.29, 0.717) is 0 Å². The lowest BCUT2D eigenvalue weighted by molar-refractivity contribution is 0.405. The Kier molecular flexibility index (Phi) is 5.95. The second kappa shape index (κ2) is 7.95. The van der Waals surface area contributed by atoms with Crippen LogP contribution < -0.4 is 10.6 Å². The summed E-state index contributed by atoms with van der Waals surface area (Å²) in [5, 5.41) is 6.57. The first-order valence-corrected chi connectivity index (χ1v) is 7.66. The van der Waals surface area contributed by atoms with E-state index in [9.17, 15) is 0 Å². The smallest absolute Gasteiger partial charge is 0.135 e. The predicted molar refractivity (Wildman–Crippen MR) is 91.1 cm³/mol. The molecule has 0 amide bonds. The van der Waals surface area contributed by atoms with Crippen molar-refractivity contribution in [2.75, 3.05) is 37.8 Å². The second-order valence-electron chi connectivity index (χ2n) is 5.00. The maximum Gasteiger partial charge on any atom is 0.135 e. The summed E-state index contributed by atoms with van der Waals surface area (Å²) in [7, 11) is 4.15. The van der Waals surface area contributed by atoms with Crippen molar-refractivity contribution in [2.45, 2.75) is 6.42 Å². The first-order chi connectivity index (χ1) is 10.1. The third kappa shape index (κ3) is 5.69. The normalized spacial score (nSPS) is 10.7. The topological polar surface area (TPSA) is 53.1 Å². The summed E-state index contributed by atoms with van der Waals surface area (Å²) < 4.78 is 1.05. The highest BCUT2D eigenvalue weighted by molar-refractivity contribution is 9.10. The highest BCUT2D eigenvalue weighted by Crippen LogP contribution is 2.18. The van der Waals surface area contributed by atoms with Crippen LogP contribution in [0.5, 0.6) is 0 Å². The van der Waals surface area contributed by atoms with E-state index in [1.807, 2.05) is 30.3 Å². The molecule has 2 rings (SSSR count). The molecule has 1 aromatic heterocycles. The first kappa shape index (κ1) is 15.7. The van der Waals surface area contributed by atoms with Gasteiger partial charge < -0.3 is 15.5 Å². The number of hydrogen-bond donors (Lipinski definition) is 2. The number of hydrogen-bond acceptors (Lipinski definition) is 5. The standard InChI is InChI=1S/C15H20BrN5/c1-21(2)9-3-8-17-14-10-15(19-11-18-14)20-13-6-4-12(16)5-7-13/h4-7,10-11H,3,8-9H2,1-2H3,(H2,17,18,19,20). The molecule has 0 unspecified atom stereocenters. The zero-order valence-corrected chi connectivity index (χ0v) is 13.9. The van der Waals surface area contributed by atoms with Crippen LogP contribution >= 0.6 is 15.9 Å². The Morgan fingerprint density at radius 3 is 2.52 bits per heavy atom. The van der Waals surface area contributed by atoms with Gasteiger partial charge in [-0.1, -0.05) is 15.9 Å². The third-order valence-corrected chi connectivity index (χ3v) is 3.40. The summed E-state index contributed by atoms with van der Waals surface area (Å²) in [5.74, 6) is 1.62. The van der Waals surface area contributed by atoms with Gasteiger partial charge in [0.1, 0.15) is 18.0 Å². The molecule has 0 saturated carbocycles. The zero-order valence-electron chi connectivity index (χ0n) is 12.3. The molecule has 0 aliphatic carbocycles. The Labute approximate surface area is 133 Å². The van der Waals surface area contributed by atoms with Crippen molar-refractivity contribution < 1.29 is 0 Å². The number of anilines is 3. The maximum atomic E-state index is 4.23. The van der Waals surface area contributed by atoms with Crippen molar-refractivity contribution in [2.24, 2.45) is 0 Å². The highest BCUT2D eigenvalue weighted by Gasteiger charge is 2.00. The molecule has 1 aromatic carbocycles. The van der Waals surface area contributed by atoms with Gasteiger partial charge in [0.2, 0.25) is 0 Å². The average Bonchev–Trinajstić information content (AvgIpc) is 2.46. The quantitative estimate of drug-likeness (QED) is 0.750. The Balaban J connectivity index is 1.89. The van der Waals surface area contributed by atoms with Gasteiger partial charge in [0, 0.05) is 22.8 Å². The highest BCUT2D eigenvalue weighted by atomic mass is 79.9. The molecular weight excluding hydrogens is 330 g/mol. The molecule has 21 heavy (non-hydrogen) atoms. The van der Waals surface area contributed by atoms with E-state index in [4.69, 9.17) is 0 Å². The molecule has 2 aromatic rings. The molecule has 0 spiro atoms. The SMILES string of the molecule is CN(C)CCCNc1cc(Nc2ccc(Br)cc2)ncn1. The van der Waals surface area contributed by atoms with Crippen LogP contribution in [0.15, 0.2) is 41.1 Å². The van der Waals surface area contributed by atoms with Crippen LogP contribution in [0.2, 0.25) is 0 Å². The van der Waals surface area contributed by atoms with Crippen LogP contribution in [0, 0.1) is 0 Å². The minimum atomic E-state index is 0.780. The van der Waals surface area contributed by atoms with Crippen LogP contribution in [0.3, 0.4) is 0 Å². The minimum absolute atomic E-state index is 0.780. The number of rotatable bonds is 7. The van der Waals surface area contributed by atoms with E-state index in [2.05, 4.69) is 55.5 Å². The minimum Gasteiger partial charge on any atom is -0.370 e. The number of nitrogens with zero attached hydrogens (tertiary/aromatic N) is 3. The van der Waals surface area contributed by atoms with Crippen molar-refractivity contribution in [1.29, 1.82) is 0 Å². The summed E-state index contributed by atoms with van der Waals surface area (Å²) in [6.07, 6.45) is 2.64. The molecule has 0 aliphatic heterocycles. The summed E-state index contributed by atoms with van der Waals surface area (Å²) in [6, 6.07) is 9.89. The van der Waals surface area contributed by atoms with E-state index in [1.54, 1.807) is 6.33 Å². The van der Waals surface area contributed by atoms with Gasteiger partial charge in [-0.05, 0) is 51.3 Å². The molecule has 0 radical (unpaired) electrons. The van der Waals surface area contributed by atoms with Crippen LogP contribution in [-0.4, -0.2) is 42.1 Å². The molecule has 0 aliphatic rings. The molecule has 2 N–H and O–H groups in total. The van der Waals surface area contributed by atoms with Gasteiger partial charge in [-0.15, -0.1) is 0 Å². The van der Waals surface area contributed by atoms with E-state index in [-0.39, 0.29) is 0 Å². The van der Waals surface area contributed by atoms with E-state index in [1.165, 1.54) is 0 Å². The van der Waals surface area contributed by atoms with Crippen LogP contribution in [0.4, 0.5) is 17.3 Å². The molecule has 112 valence electrons. The maximum absolute atomic E-state index is 4.23. The van der Waals surface area contributed by atoms with Gasteiger partial charge in [-0.3, -0.25) is 0 Å². The first-order valence-electron chi connectivity index (χ1n) is 6.87. The fourth-order valence-electron chi connectivity index (χ4n) is 1.82. The molecule has 1 heterocycles. The molecule has 0 bridgehead atoms. The summed E-state index contributed by atoms with van der Waals surface area (Å²) in [4.78, 5) is 10.6. The Hall–Kier alpha value is -1.66. The Morgan fingerprint density at radius 2 is 1.81 bits per heavy atom. The van der Waals surface area contributed by atoms with Crippen molar-refractivity contribution in [3.63, 3.8) is 0 Å². The third-order valence-electron chi connectivity index (χ3n) is 2.87. The van der Waals surface area contributed by atoms with Gasteiger partial charge in [-0.25, -0.2) is 9.97 Å². The Morgan fingerprint density at radius 1 is 1.10 bits per heavy atom. The van der Waals surface area contributed by atoms with E-state index < -0.39 is 0 Å². The molecular formula is C15H20BrN5.